The van der Waals surface area contributed by atoms with Crippen LogP contribution in [0.1, 0.15) is 43.7 Å². The van der Waals surface area contributed by atoms with Crippen LogP contribution in [-0.2, 0) is 6.18 Å². The lowest BCUT2D eigenvalue weighted by Gasteiger charge is -2.29. The molecule has 1 N–H and O–H groups in total. The highest BCUT2D eigenvalue weighted by molar-refractivity contribution is 5.56. The molecule has 1 saturated carbocycles. The summed E-state index contributed by atoms with van der Waals surface area (Å²) in [4.78, 5) is 0. The van der Waals surface area contributed by atoms with E-state index in [2.05, 4.69) is 5.32 Å². The maximum Gasteiger partial charge on any atom is 0.418 e. The van der Waals surface area contributed by atoms with Crippen LogP contribution in [0, 0.1) is 17.2 Å². The highest BCUT2D eigenvalue weighted by Crippen LogP contribution is 2.37. The van der Waals surface area contributed by atoms with Crippen LogP contribution < -0.4 is 5.32 Å². The van der Waals surface area contributed by atoms with E-state index < -0.39 is 11.7 Å². The second kappa shape index (κ2) is 5.74. The highest BCUT2D eigenvalue weighted by atomic mass is 19.4. The second-order valence-corrected chi connectivity index (χ2v) is 5.45. The first-order valence-corrected chi connectivity index (χ1v) is 6.78. The monoisotopic (exact) mass is 282 g/mol. The number of anilines is 1. The zero-order valence-corrected chi connectivity index (χ0v) is 11.3. The van der Waals surface area contributed by atoms with Crippen LogP contribution in [0.3, 0.4) is 0 Å². The van der Waals surface area contributed by atoms with Gasteiger partial charge in [-0.3, -0.25) is 0 Å². The SMILES string of the molecule is CC(CC1CCC1)Nc1ccc(C#N)cc1C(F)(F)F. The number of benzene rings is 1. The highest BCUT2D eigenvalue weighted by Gasteiger charge is 2.34. The molecule has 2 rings (SSSR count). The summed E-state index contributed by atoms with van der Waals surface area (Å²) in [5.74, 6) is 0.630. The van der Waals surface area contributed by atoms with Gasteiger partial charge in [0, 0.05) is 11.7 Å². The van der Waals surface area contributed by atoms with Gasteiger partial charge in [-0.1, -0.05) is 19.3 Å². The molecule has 1 aliphatic carbocycles. The zero-order chi connectivity index (χ0) is 14.8. The van der Waals surface area contributed by atoms with Gasteiger partial charge in [-0.05, 0) is 37.5 Å². The van der Waals surface area contributed by atoms with E-state index >= 15 is 0 Å². The van der Waals surface area contributed by atoms with Crippen molar-refractivity contribution in [3.8, 4) is 6.07 Å². The summed E-state index contributed by atoms with van der Waals surface area (Å²) in [5, 5.41) is 11.7. The molecule has 5 heteroatoms. The Morgan fingerprint density at radius 2 is 2.10 bits per heavy atom. The Bertz CT molecular complexity index is 513. The molecule has 108 valence electrons. The van der Waals surface area contributed by atoms with Gasteiger partial charge in [0.05, 0.1) is 17.2 Å². The Morgan fingerprint density at radius 3 is 2.60 bits per heavy atom. The fourth-order valence-corrected chi connectivity index (χ4v) is 2.53. The molecular weight excluding hydrogens is 265 g/mol. The standard InChI is InChI=1S/C15H17F3N2/c1-10(7-11-3-2-4-11)20-14-6-5-12(9-19)8-13(14)15(16,17)18/h5-6,8,10-11,20H,2-4,7H2,1H3. The first kappa shape index (κ1) is 14.7. The molecule has 0 amide bonds. The van der Waals surface area contributed by atoms with Gasteiger partial charge in [-0.2, -0.15) is 18.4 Å². The van der Waals surface area contributed by atoms with Crippen LogP contribution in [0.25, 0.3) is 0 Å². The van der Waals surface area contributed by atoms with E-state index in [1.165, 1.54) is 31.4 Å². The Morgan fingerprint density at radius 1 is 1.40 bits per heavy atom. The summed E-state index contributed by atoms with van der Waals surface area (Å²) in [6.07, 6.45) is 0.00176. The molecule has 1 aromatic carbocycles. The summed E-state index contributed by atoms with van der Waals surface area (Å²) in [5.41, 5.74) is -0.685. The van der Waals surface area contributed by atoms with E-state index in [9.17, 15) is 13.2 Å². The molecule has 0 aliphatic heterocycles. The third kappa shape index (κ3) is 3.44. The quantitative estimate of drug-likeness (QED) is 0.878. The summed E-state index contributed by atoms with van der Waals surface area (Å²) in [6, 6.07) is 5.39. The van der Waals surface area contributed by atoms with Gasteiger partial charge < -0.3 is 5.32 Å². The van der Waals surface area contributed by atoms with E-state index in [1.54, 1.807) is 6.07 Å². The van der Waals surface area contributed by atoms with E-state index in [-0.39, 0.29) is 17.3 Å². The Hall–Kier alpha value is -1.70. The van der Waals surface area contributed by atoms with Crippen molar-refractivity contribution in [2.24, 2.45) is 5.92 Å². The number of nitriles is 1. The van der Waals surface area contributed by atoms with E-state index in [0.717, 1.165) is 12.5 Å². The van der Waals surface area contributed by atoms with Gasteiger partial charge >= 0.3 is 6.18 Å². The van der Waals surface area contributed by atoms with Gasteiger partial charge in [-0.25, -0.2) is 0 Å². The number of hydrogen-bond acceptors (Lipinski definition) is 2. The topological polar surface area (TPSA) is 35.8 Å². The smallest absolute Gasteiger partial charge is 0.382 e. The summed E-state index contributed by atoms with van der Waals surface area (Å²) in [6.45, 7) is 1.90. The van der Waals surface area contributed by atoms with Gasteiger partial charge in [0.2, 0.25) is 0 Å². The van der Waals surface area contributed by atoms with Crippen molar-refractivity contribution >= 4 is 5.69 Å². The molecule has 0 spiro atoms. The Labute approximate surface area is 116 Å². The van der Waals surface area contributed by atoms with Crippen molar-refractivity contribution < 1.29 is 13.2 Å². The minimum absolute atomic E-state index is 0.00524. The molecule has 0 heterocycles. The van der Waals surface area contributed by atoms with Crippen LogP contribution in [-0.4, -0.2) is 6.04 Å². The molecule has 0 bridgehead atoms. The fraction of sp³-hybridized carbons (Fsp3) is 0.533. The number of hydrogen-bond donors (Lipinski definition) is 1. The van der Waals surface area contributed by atoms with Gasteiger partial charge in [0.15, 0.2) is 0 Å². The van der Waals surface area contributed by atoms with Crippen molar-refractivity contribution in [1.82, 2.24) is 0 Å². The lowest BCUT2D eigenvalue weighted by molar-refractivity contribution is -0.137. The molecule has 20 heavy (non-hydrogen) atoms. The molecule has 1 aliphatic rings. The Kier molecular flexibility index (Phi) is 4.22. The summed E-state index contributed by atoms with van der Waals surface area (Å²) < 4.78 is 39.0. The maximum atomic E-state index is 13.0. The van der Waals surface area contributed by atoms with Crippen LogP contribution in [0.2, 0.25) is 0 Å². The Balaban J connectivity index is 2.15. The first-order valence-electron chi connectivity index (χ1n) is 6.78. The van der Waals surface area contributed by atoms with Crippen LogP contribution in [0.4, 0.5) is 18.9 Å². The maximum absolute atomic E-state index is 13.0. The lowest BCUT2D eigenvalue weighted by atomic mass is 9.81. The van der Waals surface area contributed by atoms with Gasteiger partial charge in [0.1, 0.15) is 0 Å². The van der Waals surface area contributed by atoms with Crippen molar-refractivity contribution in [3.05, 3.63) is 29.3 Å². The van der Waals surface area contributed by atoms with Crippen molar-refractivity contribution in [2.75, 3.05) is 5.32 Å². The molecule has 0 aromatic heterocycles. The average Bonchev–Trinajstić information content (AvgIpc) is 2.33. The number of alkyl halides is 3. The van der Waals surface area contributed by atoms with E-state index in [4.69, 9.17) is 5.26 Å². The molecule has 1 fully saturated rings. The third-order valence-electron chi connectivity index (χ3n) is 3.77. The number of nitrogens with zero attached hydrogens (tertiary/aromatic N) is 1. The van der Waals surface area contributed by atoms with Gasteiger partial charge in [-0.15, -0.1) is 0 Å². The molecule has 1 atom stereocenters. The van der Waals surface area contributed by atoms with Crippen molar-refractivity contribution in [3.63, 3.8) is 0 Å². The predicted molar refractivity (Wildman–Crippen MR) is 71.2 cm³/mol. The predicted octanol–water partition coefficient (Wildman–Crippen LogP) is 4.57. The first-order chi connectivity index (χ1) is 9.40. The molecule has 0 saturated heterocycles. The van der Waals surface area contributed by atoms with Crippen LogP contribution in [0.15, 0.2) is 18.2 Å². The average molecular weight is 282 g/mol. The molecular formula is C15H17F3N2. The number of nitrogens with one attached hydrogen (secondary N) is 1. The second-order valence-electron chi connectivity index (χ2n) is 5.45. The summed E-state index contributed by atoms with van der Waals surface area (Å²) >= 11 is 0. The largest absolute Gasteiger partial charge is 0.418 e. The van der Waals surface area contributed by atoms with Crippen LogP contribution >= 0.6 is 0 Å². The van der Waals surface area contributed by atoms with E-state index in [1.807, 2.05) is 6.92 Å². The van der Waals surface area contributed by atoms with Gasteiger partial charge in [0.25, 0.3) is 0 Å². The minimum atomic E-state index is -4.45. The van der Waals surface area contributed by atoms with Crippen molar-refractivity contribution in [2.45, 2.75) is 44.8 Å². The minimum Gasteiger partial charge on any atom is -0.382 e. The summed E-state index contributed by atoms with van der Waals surface area (Å²) in [7, 11) is 0. The molecule has 1 unspecified atom stereocenters. The zero-order valence-electron chi connectivity index (χ0n) is 11.3. The third-order valence-corrected chi connectivity index (χ3v) is 3.77. The van der Waals surface area contributed by atoms with E-state index in [0.29, 0.717) is 5.92 Å². The molecule has 2 nitrogen and oxygen atoms in total. The van der Waals surface area contributed by atoms with Crippen LogP contribution in [0.5, 0.6) is 0 Å². The number of rotatable bonds is 4. The molecule has 1 aromatic rings. The molecule has 0 radical (unpaired) electrons. The fourth-order valence-electron chi connectivity index (χ4n) is 2.53. The normalized spacial score (nSPS) is 17.1. The lowest BCUT2D eigenvalue weighted by Crippen LogP contribution is -2.24. The number of halogens is 3. The van der Waals surface area contributed by atoms with Crippen molar-refractivity contribution in [1.29, 1.82) is 5.26 Å².